The van der Waals surface area contributed by atoms with Gasteiger partial charge in [0.25, 0.3) is 0 Å². The molecule has 0 spiro atoms. The predicted octanol–water partition coefficient (Wildman–Crippen LogP) is 2.49. The molecule has 0 aliphatic carbocycles. The van der Waals surface area contributed by atoms with Crippen molar-refractivity contribution in [2.75, 3.05) is 0 Å². The Bertz CT molecular complexity index is 565. The van der Waals surface area contributed by atoms with E-state index in [0.717, 1.165) is 12.8 Å². The summed E-state index contributed by atoms with van der Waals surface area (Å²) in [6, 6.07) is 5.02. The van der Waals surface area contributed by atoms with Crippen molar-refractivity contribution >= 4 is 16.9 Å². The lowest BCUT2D eigenvalue weighted by Gasteiger charge is -1.98. The van der Waals surface area contributed by atoms with E-state index in [1.807, 2.05) is 6.92 Å². The Kier molecular flexibility index (Phi) is 2.90. The molecule has 0 unspecified atom stereocenters. The van der Waals surface area contributed by atoms with Crippen molar-refractivity contribution in [3.63, 3.8) is 0 Å². The molecule has 0 fully saturated rings. The minimum atomic E-state index is -0.492. The second kappa shape index (κ2) is 4.35. The van der Waals surface area contributed by atoms with Gasteiger partial charge in [0, 0.05) is 12.0 Å². The van der Waals surface area contributed by atoms with Gasteiger partial charge in [0.1, 0.15) is 0 Å². The smallest absolute Gasteiger partial charge is 0.408 e. The van der Waals surface area contributed by atoms with Crippen LogP contribution in [0.1, 0.15) is 36.5 Å². The molecule has 4 nitrogen and oxygen atoms in total. The number of Topliss-reactive ketones (excluding diaryl/α,β-unsaturated/α-hetero) is 1. The van der Waals surface area contributed by atoms with Crippen molar-refractivity contribution in [3.05, 3.63) is 34.3 Å². The lowest BCUT2D eigenvalue weighted by atomic mass is 10.1. The zero-order valence-electron chi connectivity index (χ0n) is 9.08. The summed E-state index contributed by atoms with van der Waals surface area (Å²) in [6.07, 6.45) is 2.41. The van der Waals surface area contributed by atoms with Crippen LogP contribution in [0.25, 0.3) is 11.1 Å². The quantitative estimate of drug-likeness (QED) is 0.803. The van der Waals surface area contributed by atoms with Gasteiger partial charge >= 0.3 is 5.76 Å². The van der Waals surface area contributed by atoms with Crippen LogP contribution in [0.5, 0.6) is 0 Å². The van der Waals surface area contributed by atoms with E-state index in [1.54, 1.807) is 18.2 Å². The Morgan fingerprint density at radius 3 is 3.00 bits per heavy atom. The second-order valence-corrected chi connectivity index (χ2v) is 3.75. The maximum atomic E-state index is 11.7. The van der Waals surface area contributed by atoms with Gasteiger partial charge in [-0.3, -0.25) is 9.78 Å². The number of hydrogen-bond acceptors (Lipinski definition) is 3. The first-order valence-electron chi connectivity index (χ1n) is 5.37. The summed E-state index contributed by atoms with van der Waals surface area (Å²) in [5.41, 5.74) is 1.66. The van der Waals surface area contributed by atoms with E-state index in [9.17, 15) is 9.59 Å². The number of nitrogens with one attached hydrogen (secondary N) is 1. The topological polar surface area (TPSA) is 63.1 Å². The van der Waals surface area contributed by atoms with Crippen molar-refractivity contribution in [2.24, 2.45) is 0 Å². The van der Waals surface area contributed by atoms with Gasteiger partial charge in [0.15, 0.2) is 11.4 Å². The van der Waals surface area contributed by atoms with E-state index in [-0.39, 0.29) is 5.78 Å². The predicted molar refractivity (Wildman–Crippen MR) is 60.7 cm³/mol. The SMILES string of the molecule is CCCCC(=O)c1ccc2[nH]c(=O)oc2c1. The molecule has 4 heteroatoms. The molecular formula is C12H13NO3. The number of unbranched alkanes of at least 4 members (excludes halogenated alkanes) is 1. The van der Waals surface area contributed by atoms with Crippen LogP contribution < -0.4 is 5.76 Å². The van der Waals surface area contributed by atoms with Crippen molar-refractivity contribution in [1.29, 1.82) is 0 Å². The van der Waals surface area contributed by atoms with Gasteiger partial charge in [0.05, 0.1) is 5.52 Å². The van der Waals surface area contributed by atoms with E-state index in [0.29, 0.717) is 23.1 Å². The molecule has 2 rings (SSSR count). The van der Waals surface area contributed by atoms with Crippen LogP contribution in [0.2, 0.25) is 0 Å². The highest BCUT2D eigenvalue weighted by molar-refractivity contribution is 5.98. The summed E-state index contributed by atoms with van der Waals surface area (Å²) in [6.45, 7) is 2.04. The average molecular weight is 219 g/mol. The number of ketones is 1. The summed E-state index contributed by atoms with van der Waals surface area (Å²) in [5, 5.41) is 0. The number of H-pyrrole nitrogens is 1. The van der Waals surface area contributed by atoms with E-state index < -0.39 is 5.76 Å². The number of benzene rings is 1. The lowest BCUT2D eigenvalue weighted by molar-refractivity contribution is 0.0980. The Hall–Kier alpha value is -1.84. The molecule has 0 saturated carbocycles. The Labute approximate surface area is 92.3 Å². The zero-order chi connectivity index (χ0) is 11.5. The molecule has 16 heavy (non-hydrogen) atoms. The average Bonchev–Trinajstić information content (AvgIpc) is 2.64. The van der Waals surface area contributed by atoms with E-state index in [1.165, 1.54) is 0 Å². The molecule has 0 aliphatic heterocycles. The Balaban J connectivity index is 2.31. The number of carbonyl (C=O) groups excluding carboxylic acids is 1. The van der Waals surface area contributed by atoms with Gasteiger partial charge in [0.2, 0.25) is 0 Å². The van der Waals surface area contributed by atoms with E-state index in [2.05, 4.69) is 4.98 Å². The number of aromatic amines is 1. The summed E-state index contributed by atoms with van der Waals surface area (Å²) < 4.78 is 4.90. The van der Waals surface area contributed by atoms with Crippen LogP contribution in [0.15, 0.2) is 27.4 Å². The Morgan fingerprint density at radius 1 is 1.44 bits per heavy atom. The summed E-state index contributed by atoms with van der Waals surface area (Å²) in [5.74, 6) is -0.402. The maximum Gasteiger partial charge on any atom is 0.417 e. The third-order valence-corrected chi connectivity index (χ3v) is 2.50. The fourth-order valence-corrected chi connectivity index (χ4v) is 1.60. The van der Waals surface area contributed by atoms with Gasteiger partial charge in [-0.2, -0.15) is 0 Å². The van der Waals surface area contributed by atoms with Crippen LogP contribution in [0, 0.1) is 0 Å². The minimum Gasteiger partial charge on any atom is -0.408 e. The first kappa shape index (κ1) is 10.7. The van der Waals surface area contributed by atoms with Crippen LogP contribution in [0.3, 0.4) is 0 Å². The van der Waals surface area contributed by atoms with Crippen LogP contribution in [-0.2, 0) is 0 Å². The van der Waals surface area contributed by atoms with E-state index in [4.69, 9.17) is 4.42 Å². The monoisotopic (exact) mass is 219 g/mol. The number of fused-ring (bicyclic) bond motifs is 1. The van der Waals surface area contributed by atoms with Crippen LogP contribution in [0.4, 0.5) is 0 Å². The van der Waals surface area contributed by atoms with Gasteiger partial charge in [-0.05, 0) is 24.6 Å². The molecule has 0 bridgehead atoms. The Morgan fingerprint density at radius 2 is 2.25 bits per heavy atom. The fourth-order valence-electron chi connectivity index (χ4n) is 1.60. The first-order valence-corrected chi connectivity index (χ1v) is 5.37. The van der Waals surface area contributed by atoms with Crippen LogP contribution >= 0.6 is 0 Å². The van der Waals surface area contributed by atoms with Crippen molar-refractivity contribution in [1.82, 2.24) is 4.98 Å². The third-order valence-electron chi connectivity index (χ3n) is 2.50. The number of hydrogen-bond donors (Lipinski definition) is 1. The lowest BCUT2D eigenvalue weighted by Crippen LogP contribution is -1.97. The largest absolute Gasteiger partial charge is 0.417 e. The molecule has 1 aromatic heterocycles. The highest BCUT2D eigenvalue weighted by Crippen LogP contribution is 2.14. The highest BCUT2D eigenvalue weighted by atomic mass is 16.4. The van der Waals surface area contributed by atoms with Gasteiger partial charge in [-0.25, -0.2) is 4.79 Å². The molecule has 1 N–H and O–H groups in total. The summed E-state index contributed by atoms with van der Waals surface area (Å²) in [4.78, 5) is 25.2. The summed E-state index contributed by atoms with van der Waals surface area (Å²) in [7, 11) is 0. The zero-order valence-corrected chi connectivity index (χ0v) is 9.08. The normalized spacial score (nSPS) is 10.8. The third kappa shape index (κ3) is 2.05. The number of aromatic nitrogens is 1. The second-order valence-electron chi connectivity index (χ2n) is 3.75. The molecule has 0 aliphatic rings. The van der Waals surface area contributed by atoms with E-state index >= 15 is 0 Å². The van der Waals surface area contributed by atoms with Crippen LogP contribution in [-0.4, -0.2) is 10.8 Å². The number of carbonyl (C=O) groups is 1. The molecule has 0 radical (unpaired) electrons. The molecule has 0 amide bonds. The number of oxazole rings is 1. The van der Waals surface area contributed by atoms with Crippen molar-refractivity contribution in [2.45, 2.75) is 26.2 Å². The van der Waals surface area contributed by atoms with Gasteiger partial charge < -0.3 is 4.42 Å². The molecule has 1 heterocycles. The highest BCUT2D eigenvalue weighted by Gasteiger charge is 2.08. The van der Waals surface area contributed by atoms with Gasteiger partial charge in [-0.15, -0.1) is 0 Å². The molecule has 0 atom stereocenters. The molecular weight excluding hydrogens is 206 g/mol. The molecule has 84 valence electrons. The molecule has 2 aromatic rings. The standard InChI is InChI=1S/C12H13NO3/c1-2-3-4-10(14)8-5-6-9-11(7-8)16-12(15)13-9/h5-7H,2-4H2,1H3,(H,13,15). The molecule has 0 saturated heterocycles. The minimum absolute atomic E-state index is 0.0904. The van der Waals surface area contributed by atoms with Crippen molar-refractivity contribution in [3.8, 4) is 0 Å². The first-order chi connectivity index (χ1) is 7.70. The summed E-state index contributed by atoms with van der Waals surface area (Å²) >= 11 is 0. The fraction of sp³-hybridized carbons (Fsp3) is 0.333. The van der Waals surface area contributed by atoms with Crippen molar-refractivity contribution < 1.29 is 9.21 Å². The van der Waals surface area contributed by atoms with Gasteiger partial charge in [-0.1, -0.05) is 13.3 Å². The molecule has 1 aromatic carbocycles. The maximum absolute atomic E-state index is 11.7. The number of rotatable bonds is 4.